The first-order valence-corrected chi connectivity index (χ1v) is 3.26. The summed E-state index contributed by atoms with van der Waals surface area (Å²) >= 11 is 0. The van der Waals surface area contributed by atoms with Crippen LogP contribution in [-0.2, 0) is 0 Å². The lowest BCUT2D eigenvalue weighted by molar-refractivity contribution is 1.14. The van der Waals surface area contributed by atoms with Gasteiger partial charge < -0.3 is 5.73 Å². The van der Waals surface area contributed by atoms with Crippen molar-refractivity contribution in [3.8, 4) is 0 Å². The van der Waals surface area contributed by atoms with Crippen molar-refractivity contribution in [2.24, 2.45) is 10.7 Å². The van der Waals surface area contributed by atoms with Gasteiger partial charge in [-0.05, 0) is 13.0 Å². The summed E-state index contributed by atoms with van der Waals surface area (Å²) in [4.78, 5) is 4.02. The van der Waals surface area contributed by atoms with Crippen LogP contribution in [0, 0.1) is 0 Å². The molecule has 0 fully saturated rings. The molecule has 2 N–H and O–H groups in total. The summed E-state index contributed by atoms with van der Waals surface area (Å²) < 4.78 is 0. The monoisotopic (exact) mass is 126 g/mol. The maximum absolute atomic E-state index is 5.37. The Morgan fingerprint density at radius 3 is 2.22 bits per heavy atom. The van der Waals surface area contributed by atoms with E-state index in [1.54, 1.807) is 0 Å². The Kier molecular flexibility index (Phi) is 3.76. The van der Waals surface area contributed by atoms with E-state index in [1.165, 1.54) is 0 Å². The first kappa shape index (κ1) is 8.21. The van der Waals surface area contributed by atoms with Crippen molar-refractivity contribution in [3.05, 3.63) is 11.8 Å². The second-order valence-electron chi connectivity index (χ2n) is 1.68. The SMILES string of the molecule is CC.CC1=NCC(N)=C1. The molecule has 0 radical (unpaired) electrons. The largest absolute Gasteiger partial charge is 0.400 e. The molecule has 0 unspecified atom stereocenters. The topological polar surface area (TPSA) is 38.4 Å². The van der Waals surface area contributed by atoms with E-state index in [0.29, 0.717) is 6.54 Å². The zero-order chi connectivity index (χ0) is 7.28. The van der Waals surface area contributed by atoms with Gasteiger partial charge in [-0.2, -0.15) is 0 Å². The summed E-state index contributed by atoms with van der Waals surface area (Å²) in [5.41, 5.74) is 7.28. The normalized spacial score (nSPS) is 15.4. The maximum atomic E-state index is 5.37. The van der Waals surface area contributed by atoms with Gasteiger partial charge in [-0.15, -0.1) is 0 Å². The lowest BCUT2D eigenvalue weighted by Gasteiger charge is -1.79. The van der Waals surface area contributed by atoms with Crippen molar-refractivity contribution in [1.29, 1.82) is 0 Å². The van der Waals surface area contributed by atoms with Gasteiger partial charge in [-0.3, -0.25) is 4.99 Å². The Bertz CT molecular complexity index is 134. The Hall–Kier alpha value is -0.790. The lowest BCUT2D eigenvalue weighted by Crippen LogP contribution is -1.95. The fourth-order valence-corrected chi connectivity index (χ4v) is 0.576. The van der Waals surface area contributed by atoms with Gasteiger partial charge in [-0.1, -0.05) is 13.8 Å². The van der Waals surface area contributed by atoms with Crippen molar-refractivity contribution < 1.29 is 0 Å². The molecular formula is C7H14N2. The van der Waals surface area contributed by atoms with Crippen molar-refractivity contribution in [3.63, 3.8) is 0 Å². The van der Waals surface area contributed by atoms with Gasteiger partial charge in [0.05, 0.1) is 6.54 Å². The summed E-state index contributed by atoms with van der Waals surface area (Å²) in [6, 6.07) is 0. The van der Waals surface area contributed by atoms with Crippen molar-refractivity contribution in [1.82, 2.24) is 0 Å². The molecule has 0 bridgehead atoms. The van der Waals surface area contributed by atoms with Crippen molar-refractivity contribution >= 4 is 5.71 Å². The van der Waals surface area contributed by atoms with E-state index in [9.17, 15) is 0 Å². The molecular weight excluding hydrogens is 112 g/mol. The molecule has 9 heavy (non-hydrogen) atoms. The summed E-state index contributed by atoms with van der Waals surface area (Å²) in [6.45, 7) is 6.64. The molecule has 1 heterocycles. The smallest absolute Gasteiger partial charge is 0.0787 e. The predicted octanol–water partition coefficient (Wildman–Crippen LogP) is 1.33. The summed E-state index contributed by atoms with van der Waals surface area (Å²) in [5.74, 6) is 0. The van der Waals surface area contributed by atoms with Crippen LogP contribution >= 0.6 is 0 Å². The van der Waals surface area contributed by atoms with E-state index in [2.05, 4.69) is 4.99 Å². The van der Waals surface area contributed by atoms with E-state index < -0.39 is 0 Å². The number of nitrogens with two attached hydrogens (primary N) is 1. The third-order valence-corrected chi connectivity index (χ3v) is 0.905. The Balaban J connectivity index is 0.000000291. The predicted molar refractivity (Wildman–Crippen MR) is 41.6 cm³/mol. The molecule has 52 valence electrons. The molecule has 0 aromatic rings. The van der Waals surface area contributed by atoms with Gasteiger partial charge in [0.2, 0.25) is 0 Å². The minimum atomic E-state index is 0.700. The van der Waals surface area contributed by atoms with Crippen LogP contribution in [0.2, 0.25) is 0 Å². The van der Waals surface area contributed by atoms with Crippen molar-refractivity contribution in [2.75, 3.05) is 6.54 Å². The molecule has 0 aliphatic carbocycles. The molecule has 0 spiro atoms. The lowest BCUT2D eigenvalue weighted by atomic mass is 10.4. The molecule has 0 aromatic heterocycles. The van der Waals surface area contributed by atoms with E-state index in [4.69, 9.17) is 5.73 Å². The van der Waals surface area contributed by atoms with Crippen LogP contribution in [-0.4, -0.2) is 12.3 Å². The molecule has 2 nitrogen and oxygen atoms in total. The van der Waals surface area contributed by atoms with Gasteiger partial charge in [0.15, 0.2) is 0 Å². The van der Waals surface area contributed by atoms with Crippen LogP contribution in [0.3, 0.4) is 0 Å². The molecule has 0 atom stereocenters. The third-order valence-electron chi connectivity index (χ3n) is 0.905. The first-order valence-electron chi connectivity index (χ1n) is 3.26. The number of nitrogens with zero attached hydrogens (tertiary/aromatic N) is 1. The third kappa shape index (κ3) is 2.90. The van der Waals surface area contributed by atoms with Crippen LogP contribution < -0.4 is 5.73 Å². The van der Waals surface area contributed by atoms with E-state index in [-0.39, 0.29) is 0 Å². The fraction of sp³-hybridized carbons (Fsp3) is 0.571. The van der Waals surface area contributed by atoms with Gasteiger partial charge in [0.1, 0.15) is 0 Å². The highest BCUT2D eigenvalue weighted by Gasteiger charge is 1.96. The average molecular weight is 126 g/mol. The number of hydrogen-bond acceptors (Lipinski definition) is 2. The minimum absolute atomic E-state index is 0.700. The van der Waals surface area contributed by atoms with Crippen LogP contribution in [0.25, 0.3) is 0 Å². The highest BCUT2D eigenvalue weighted by atomic mass is 14.8. The molecule has 2 heteroatoms. The maximum Gasteiger partial charge on any atom is 0.0787 e. The van der Waals surface area contributed by atoms with E-state index in [1.807, 2.05) is 26.8 Å². The van der Waals surface area contributed by atoms with Gasteiger partial charge in [0.25, 0.3) is 0 Å². The fourth-order valence-electron chi connectivity index (χ4n) is 0.576. The summed E-state index contributed by atoms with van der Waals surface area (Å²) in [7, 11) is 0. The molecule has 0 saturated carbocycles. The van der Waals surface area contributed by atoms with Crippen LogP contribution in [0.15, 0.2) is 16.8 Å². The standard InChI is InChI=1S/C5H8N2.C2H6/c1-4-2-5(6)3-7-4;1-2/h2H,3,6H2,1H3;1-2H3. The van der Waals surface area contributed by atoms with Crippen LogP contribution in [0.5, 0.6) is 0 Å². The number of aliphatic imine (C=N–C) groups is 1. The first-order chi connectivity index (χ1) is 4.29. The molecule has 0 amide bonds. The van der Waals surface area contributed by atoms with E-state index in [0.717, 1.165) is 11.4 Å². The number of allylic oxidation sites excluding steroid dienone is 1. The molecule has 1 aliphatic heterocycles. The molecule has 1 rings (SSSR count). The van der Waals surface area contributed by atoms with Crippen molar-refractivity contribution in [2.45, 2.75) is 20.8 Å². The minimum Gasteiger partial charge on any atom is -0.400 e. The Labute approximate surface area is 56.5 Å². The zero-order valence-electron chi connectivity index (χ0n) is 6.31. The second kappa shape index (κ2) is 4.13. The van der Waals surface area contributed by atoms with Gasteiger partial charge in [0, 0.05) is 11.4 Å². The second-order valence-corrected chi connectivity index (χ2v) is 1.68. The number of rotatable bonds is 0. The zero-order valence-corrected chi connectivity index (χ0v) is 6.31. The molecule has 1 aliphatic rings. The average Bonchev–Trinajstić information content (AvgIpc) is 2.20. The summed E-state index contributed by atoms with van der Waals surface area (Å²) in [5, 5.41) is 0. The molecule has 0 aromatic carbocycles. The van der Waals surface area contributed by atoms with Gasteiger partial charge in [-0.25, -0.2) is 0 Å². The highest BCUT2D eigenvalue weighted by molar-refractivity contribution is 5.95. The van der Waals surface area contributed by atoms with Gasteiger partial charge >= 0.3 is 0 Å². The highest BCUT2D eigenvalue weighted by Crippen LogP contribution is 1.96. The Morgan fingerprint density at radius 1 is 1.56 bits per heavy atom. The quantitative estimate of drug-likeness (QED) is 0.522. The summed E-state index contributed by atoms with van der Waals surface area (Å²) in [6.07, 6.45) is 1.89. The Morgan fingerprint density at radius 2 is 2.11 bits per heavy atom. The number of hydrogen-bond donors (Lipinski definition) is 1. The van der Waals surface area contributed by atoms with Crippen LogP contribution in [0.1, 0.15) is 20.8 Å². The van der Waals surface area contributed by atoms with E-state index >= 15 is 0 Å². The van der Waals surface area contributed by atoms with Crippen LogP contribution in [0.4, 0.5) is 0 Å². The molecule has 0 saturated heterocycles.